The number of rotatable bonds is 3. The molecule has 0 aromatic heterocycles. The van der Waals surface area contributed by atoms with Crippen LogP contribution in [-0.2, 0) is 0 Å². The molecule has 2 aromatic rings. The van der Waals surface area contributed by atoms with Gasteiger partial charge in [-0.05, 0) is 25.5 Å². The minimum absolute atomic E-state index is 0.408. The molecule has 1 unspecified atom stereocenters. The molecule has 1 atom stereocenters. The molecule has 3 rings (SSSR count). The molecule has 3 nitrogen and oxygen atoms in total. The van der Waals surface area contributed by atoms with Crippen molar-refractivity contribution in [3.63, 3.8) is 0 Å². The second-order valence-electron chi connectivity index (χ2n) is 4.89. The van der Waals surface area contributed by atoms with Crippen LogP contribution in [0.2, 0.25) is 0 Å². The van der Waals surface area contributed by atoms with Gasteiger partial charge in [-0.25, -0.2) is 0 Å². The highest BCUT2D eigenvalue weighted by molar-refractivity contribution is 5.94. The van der Waals surface area contributed by atoms with Crippen molar-refractivity contribution in [2.24, 2.45) is 0 Å². The normalized spacial score (nSPS) is 18.7. The number of ether oxygens (including phenoxy) is 2. The predicted octanol–water partition coefficient (Wildman–Crippen LogP) is 3.28. The first kappa shape index (κ1) is 12.3. The molecule has 2 aromatic carbocycles. The van der Waals surface area contributed by atoms with Crippen molar-refractivity contribution >= 4 is 10.8 Å². The summed E-state index contributed by atoms with van der Waals surface area (Å²) < 4.78 is 11.1. The van der Waals surface area contributed by atoms with Crippen LogP contribution in [-0.4, -0.2) is 20.8 Å². The second kappa shape index (κ2) is 5.10. The van der Waals surface area contributed by atoms with Crippen LogP contribution < -0.4 is 14.8 Å². The minimum atomic E-state index is 0.408. The van der Waals surface area contributed by atoms with E-state index in [2.05, 4.69) is 23.5 Å². The van der Waals surface area contributed by atoms with E-state index in [4.69, 9.17) is 9.47 Å². The Labute approximate surface area is 113 Å². The topological polar surface area (TPSA) is 30.5 Å². The summed E-state index contributed by atoms with van der Waals surface area (Å²) in [6.07, 6.45) is 2.40. The van der Waals surface area contributed by atoms with Gasteiger partial charge in [-0.3, -0.25) is 0 Å². The fourth-order valence-electron chi connectivity index (χ4n) is 2.95. The third-order valence-electron chi connectivity index (χ3n) is 3.86. The molecule has 1 N–H and O–H groups in total. The quantitative estimate of drug-likeness (QED) is 0.915. The number of nitrogens with one attached hydrogen (secondary N) is 1. The Morgan fingerprint density at radius 1 is 1.05 bits per heavy atom. The van der Waals surface area contributed by atoms with Gasteiger partial charge in [0.1, 0.15) is 11.5 Å². The number of benzene rings is 2. The molecule has 19 heavy (non-hydrogen) atoms. The highest BCUT2D eigenvalue weighted by Gasteiger charge is 2.21. The van der Waals surface area contributed by atoms with Crippen LogP contribution >= 0.6 is 0 Å². The van der Waals surface area contributed by atoms with E-state index >= 15 is 0 Å². The fraction of sp³-hybridized carbons (Fsp3) is 0.375. The van der Waals surface area contributed by atoms with Gasteiger partial charge in [0.2, 0.25) is 0 Å². The van der Waals surface area contributed by atoms with E-state index in [9.17, 15) is 0 Å². The Kier molecular flexibility index (Phi) is 3.30. The van der Waals surface area contributed by atoms with Crippen LogP contribution in [0.3, 0.4) is 0 Å². The first-order valence-corrected chi connectivity index (χ1v) is 6.72. The molecule has 1 aliphatic rings. The van der Waals surface area contributed by atoms with Gasteiger partial charge >= 0.3 is 0 Å². The van der Waals surface area contributed by atoms with Crippen molar-refractivity contribution in [1.29, 1.82) is 0 Å². The van der Waals surface area contributed by atoms with Crippen molar-refractivity contribution in [2.45, 2.75) is 18.9 Å². The van der Waals surface area contributed by atoms with Crippen LogP contribution in [0.5, 0.6) is 11.5 Å². The molecule has 0 spiro atoms. The smallest absolute Gasteiger partial charge is 0.131 e. The van der Waals surface area contributed by atoms with Crippen LogP contribution in [0, 0.1) is 0 Å². The van der Waals surface area contributed by atoms with Crippen molar-refractivity contribution in [3.8, 4) is 11.5 Å². The summed E-state index contributed by atoms with van der Waals surface area (Å²) >= 11 is 0. The monoisotopic (exact) mass is 257 g/mol. The molecular weight excluding hydrogens is 238 g/mol. The zero-order valence-electron chi connectivity index (χ0n) is 11.4. The Morgan fingerprint density at radius 3 is 2.63 bits per heavy atom. The molecule has 1 aliphatic heterocycles. The SMILES string of the molecule is COc1cccc2c(OC)c(C3CCCN3)ccc12. The Morgan fingerprint density at radius 2 is 1.95 bits per heavy atom. The predicted molar refractivity (Wildman–Crippen MR) is 77.0 cm³/mol. The van der Waals surface area contributed by atoms with Crippen LogP contribution in [0.25, 0.3) is 10.8 Å². The Hall–Kier alpha value is -1.74. The molecular formula is C16H19NO2. The lowest BCUT2D eigenvalue weighted by molar-refractivity contribution is 0.407. The number of methoxy groups -OCH3 is 2. The van der Waals surface area contributed by atoms with E-state index in [-0.39, 0.29) is 0 Å². The van der Waals surface area contributed by atoms with Crippen molar-refractivity contribution < 1.29 is 9.47 Å². The van der Waals surface area contributed by atoms with Crippen molar-refractivity contribution in [3.05, 3.63) is 35.9 Å². The molecule has 1 saturated heterocycles. The first-order valence-electron chi connectivity index (χ1n) is 6.72. The minimum Gasteiger partial charge on any atom is -0.496 e. The van der Waals surface area contributed by atoms with Crippen LogP contribution in [0.4, 0.5) is 0 Å². The molecule has 1 fully saturated rings. The van der Waals surface area contributed by atoms with Crippen molar-refractivity contribution in [1.82, 2.24) is 5.32 Å². The molecule has 3 heteroatoms. The summed E-state index contributed by atoms with van der Waals surface area (Å²) in [5.74, 6) is 1.86. The Balaban J connectivity index is 2.19. The van der Waals surface area contributed by atoms with Gasteiger partial charge in [0.25, 0.3) is 0 Å². The Bertz CT molecular complexity index is 589. The first-order chi connectivity index (χ1) is 9.35. The maximum atomic E-state index is 5.67. The second-order valence-corrected chi connectivity index (χ2v) is 4.89. The maximum Gasteiger partial charge on any atom is 0.131 e. The van der Waals surface area contributed by atoms with Crippen molar-refractivity contribution in [2.75, 3.05) is 20.8 Å². The fourth-order valence-corrected chi connectivity index (χ4v) is 2.95. The van der Waals surface area contributed by atoms with E-state index in [0.29, 0.717) is 6.04 Å². The lowest BCUT2D eigenvalue weighted by Crippen LogP contribution is -2.13. The molecule has 0 saturated carbocycles. The molecule has 0 amide bonds. The van der Waals surface area contributed by atoms with Crippen LogP contribution in [0.1, 0.15) is 24.4 Å². The highest BCUT2D eigenvalue weighted by Crippen LogP contribution is 2.39. The van der Waals surface area contributed by atoms with Gasteiger partial charge in [-0.15, -0.1) is 0 Å². The van der Waals surface area contributed by atoms with E-state index in [0.717, 1.165) is 28.8 Å². The number of fused-ring (bicyclic) bond motifs is 1. The zero-order chi connectivity index (χ0) is 13.2. The van der Waals surface area contributed by atoms with Gasteiger partial charge in [0.15, 0.2) is 0 Å². The van der Waals surface area contributed by atoms with E-state index in [1.807, 2.05) is 12.1 Å². The molecule has 0 aliphatic carbocycles. The van der Waals surface area contributed by atoms with Gasteiger partial charge < -0.3 is 14.8 Å². The molecule has 100 valence electrons. The lowest BCUT2D eigenvalue weighted by Gasteiger charge is -2.18. The average Bonchev–Trinajstić information content (AvgIpc) is 2.99. The maximum absolute atomic E-state index is 5.67. The van der Waals surface area contributed by atoms with Gasteiger partial charge in [-0.1, -0.05) is 24.3 Å². The van der Waals surface area contributed by atoms with Gasteiger partial charge in [-0.2, -0.15) is 0 Å². The highest BCUT2D eigenvalue weighted by atomic mass is 16.5. The summed E-state index contributed by atoms with van der Waals surface area (Å²) in [4.78, 5) is 0. The average molecular weight is 257 g/mol. The molecule has 0 bridgehead atoms. The third-order valence-corrected chi connectivity index (χ3v) is 3.86. The van der Waals surface area contributed by atoms with Gasteiger partial charge in [0, 0.05) is 22.4 Å². The molecule has 0 radical (unpaired) electrons. The molecule has 1 heterocycles. The standard InChI is InChI=1S/C16H19NO2/c1-18-15-7-3-5-12-11(15)8-9-13(16(12)19-2)14-6-4-10-17-14/h3,5,7-9,14,17H,4,6,10H2,1-2H3. The number of hydrogen-bond acceptors (Lipinski definition) is 3. The summed E-state index contributed by atoms with van der Waals surface area (Å²) in [7, 11) is 3.44. The van der Waals surface area contributed by atoms with E-state index in [1.54, 1.807) is 14.2 Å². The number of hydrogen-bond donors (Lipinski definition) is 1. The summed E-state index contributed by atoms with van der Waals surface area (Å²) in [5.41, 5.74) is 1.25. The summed E-state index contributed by atoms with van der Waals surface area (Å²) in [6.45, 7) is 1.09. The summed E-state index contributed by atoms with van der Waals surface area (Å²) in [5, 5.41) is 5.75. The van der Waals surface area contributed by atoms with Crippen LogP contribution in [0.15, 0.2) is 30.3 Å². The third kappa shape index (κ3) is 2.04. The largest absolute Gasteiger partial charge is 0.496 e. The lowest BCUT2D eigenvalue weighted by atomic mass is 9.98. The van der Waals surface area contributed by atoms with E-state index < -0.39 is 0 Å². The summed E-state index contributed by atoms with van der Waals surface area (Å²) in [6, 6.07) is 10.8. The zero-order valence-corrected chi connectivity index (χ0v) is 11.4. The van der Waals surface area contributed by atoms with E-state index in [1.165, 1.54) is 18.4 Å². The van der Waals surface area contributed by atoms with Gasteiger partial charge in [0.05, 0.1) is 14.2 Å².